The third kappa shape index (κ3) is 1.32. The lowest BCUT2D eigenvalue weighted by molar-refractivity contribution is -0.114. The van der Waals surface area contributed by atoms with Crippen molar-refractivity contribution in [1.29, 1.82) is 0 Å². The molecule has 5 nitrogen and oxygen atoms in total. The molecule has 0 spiro atoms. The van der Waals surface area contributed by atoms with Crippen LogP contribution >= 0.6 is 0 Å². The summed E-state index contributed by atoms with van der Waals surface area (Å²) in [4.78, 5) is 19.0. The zero-order valence-corrected chi connectivity index (χ0v) is 7.98. The monoisotopic (exact) mass is 190 g/mol. The van der Waals surface area contributed by atoms with E-state index in [1.165, 1.54) is 6.92 Å². The summed E-state index contributed by atoms with van der Waals surface area (Å²) in [5.74, 6) is -0.111. The molecule has 72 valence electrons. The molecule has 2 aromatic rings. The number of anilines is 1. The Morgan fingerprint density at radius 2 is 2.29 bits per heavy atom. The molecule has 5 heteroatoms. The first-order chi connectivity index (χ1) is 6.68. The van der Waals surface area contributed by atoms with Crippen molar-refractivity contribution >= 4 is 22.6 Å². The van der Waals surface area contributed by atoms with Gasteiger partial charge in [-0.1, -0.05) is 0 Å². The Bertz CT molecular complexity index is 489. The minimum absolute atomic E-state index is 0.111. The number of pyridine rings is 1. The van der Waals surface area contributed by atoms with Gasteiger partial charge in [0.05, 0.1) is 29.9 Å². The zero-order valence-electron chi connectivity index (χ0n) is 7.98. The van der Waals surface area contributed by atoms with Crippen LogP contribution in [0.25, 0.3) is 11.0 Å². The number of aryl methyl sites for hydroxylation is 1. The van der Waals surface area contributed by atoms with Gasteiger partial charge in [-0.3, -0.25) is 9.78 Å². The van der Waals surface area contributed by atoms with Gasteiger partial charge in [-0.2, -0.15) is 0 Å². The van der Waals surface area contributed by atoms with Crippen molar-refractivity contribution in [3.05, 3.63) is 18.7 Å². The normalized spacial score (nSPS) is 10.4. The molecule has 0 atom stereocenters. The van der Waals surface area contributed by atoms with Gasteiger partial charge in [0.25, 0.3) is 0 Å². The molecule has 2 rings (SSSR count). The summed E-state index contributed by atoms with van der Waals surface area (Å²) < 4.78 is 1.85. The van der Waals surface area contributed by atoms with E-state index in [2.05, 4.69) is 15.3 Å². The topological polar surface area (TPSA) is 59.8 Å². The number of rotatable bonds is 1. The lowest BCUT2D eigenvalue weighted by atomic mass is 10.3. The van der Waals surface area contributed by atoms with Gasteiger partial charge in [-0.25, -0.2) is 4.98 Å². The Hall–Kier alpha value is -1.91. The van der Waals surface area contributed by atoms with E-state index in [1.807, 2.05) is 11.6 Å². The Kier molecular flexibility index (Phi) is 1.92. The second-order valence-electron chi connectivity index (χ2n) is 3.09. The van der Waals surface area contributed by atoms with Crippen molar-refractivity contribution < 1.29 is 4.79 Å². The molecular weight excluding hydrogens is 180 g/mol. The Labute approximate surface area is 80.8 Å². The predicted octanol–water partition coefficient (Wildman–Crippen LogP) is 0.927. The maximum atomic E-state index is 10.9. The number of fused-ring (bicyclic) bond motifs is 1. The van der Waals surface area contributed by atoms with E-state index in [9.17, 15) is 4.79 Å². The van der Waals surface area contributed by atoms with Gasteiger partial charge in [0.15, 0.2) is 0 Å². The molecule has 0 radical (unpaired) electrons. The molecule has 0 saturated carbocycles. The standard InChI is InChI=1S/C9H10N4O/c1-6(14)12-8-4-10-3-7-9(8)13(2)5-11-7/h3-5H,1-2H3,(H,12,14). The minimum atomic E-state index is -0.111. The molecule has 0 aliphatic rings. The fourth-order valence-corrected chi connectivity index (χ4v) is 1.40. The molecule has 2 heterocycles. The van der Waals surface area contributed by atoms with Crippen LogP contribution in [0.1, 0.15) is 6.92 Å². The van der Waals surface area contributed by atoms with Gasteiger partial charge in [0, 0.05) is 14.0 Å². The van der Waals surface area contributed by atoms with Crippen LogP contribution in [-0.4, -0.2) is 20.4 Å². The highest BCUT2D eigenvalue weighted by atomic mass is 16.1. The smallest absolute Gasteiger partial charge is 0.221 e. The fraction of sp³-hybridized carbons (Fsp3) is 0.222. The lowest BCUT2D eigenvalue weighted by Gasteiger charge is -2.03. The van der Waals surface area contributed by atoms with Crippen molar-refractivity contribution in [3.63, 3.8) is 0 Å². The molecule has 1 N–H and O–H groups in total. The van der Waals surface area contributed by atoms with E-state index < -0.39 is 0 Å². The van der Waals surface area contributed by atoms with Gasteiger partial charge in [0.1, 0.15) is 5.52 Å². The van der Waals surface area contributed by atoms with Crippen molar-refractivity contribution in [1.82, 2.24) is 14.5 Å². The molecule has 0 aliphatic heterocycles. The number of nitrogens with one attached hydrogen (secondary N) is 1. The third-order valence-electron chi connectivity index (χ3n) is 1.93. The van der Waals surface area contributed by atoms with Crippen molar-refractivity contribution in [3.8, 4) is 0 Å². The van der Waals surface area contributed by atoms with E-state index in [1.54, 1.807) is 18.7 Å². The predicted molar refractivity (Wildman–Crippen MR) is 52.8 cm³/mol. The largest absolute Gasteiger partial charge is 0.332 e. The van der Waals surface area contributed by atoms with Crippen molar-refractivity contribution in [2.45, 2.75) is 6.92 Å². The van der Waals surface area contributed by atoms with Crippen LogP contribution < -0.4 is 5.32 Å². The maximum absolute atomic E-state index is 10.9. The first-order valence-corrected chi connectivity index (χ1v) is 4.21. The molecule has 14 heavy (non-hydrogen) atoms. The molecule has 0 fully saturated rings. The minimum Gasteiger partial charge on any atom is -0.332 e. The molecule has 2 aromatic heterocycles. The zero-order chi connectivity index (χ0) is 10.1. The SMILES string of the molecule is CC(=O)Nc1cncc2ncn(C)c12. The number of aromatic nitrogens is 3. The highest BCUT2D eigenvalue weighted by Gasteiger charge is 2.06. The van der Waals surface area contributed by atoms with Gasteiger partial charge in [0.2, 0.25) is 5.91 Å². The molecule has 0 bridgehead atoms. The van der Waals surface area contributed by atoms with Gasteiger partial charge >= 0.3 is 0 Å². The van der Waals surface area contributed by atoms with Gasteiger partial charge in [-0.15, -0.1) is 0 Å². The summed E-state index contributed by atoms with van der Waals surface area (Å²) in [6.07, 6.45) is 4.98. The number of carbonyl (C=O) groups is 1. The highest BCUT2D eigenvalue weighted by molar-refractivity contribution is 5.97. The second kappa shape index (κ2) is 3.10. The summed E-state index contributed by atoms with van der Waals surface area (Å²) in [7, 11) is 1.88. The number of hydrogen-bond acceptors (Lipinski definition) is 3. The molecular formula is C9H10N4O. The van der Waals surface area contributed by atoms with Crippen LogP contribution in [0, 0.1) is 0 Å². The third-order valence-corrected chi connectivity index (χ3v) is 1.93. The van der Waals surface area contributed by atoms with E-state index in [-0.39, 0.29) is 5.91 Å². The number of hydrogen-bond donors (Lipinski definition) is 1. The Morgan fingerprint density at radius 3 is 3.00 bits per heavy atom. The number of imidazole rings is 1. The van der Waals surface area contributed by atoms with Gasteiger partial charge < -0.3 is 9.88 Å². The molecule has 0 unspecified atom stereocenters. The Morgan fingerprint density at radius 1 is 1.50 bits per heavy atom. The molecule has 1 amide bonds. The summed E-state index contributed by atoms with van der Waals surface area (Å²) >= 11 is 0. The van der Waals surface area contributed by atoms with Crippen molar-refractivity contribution in [2.24, 2.45) is 7.05 Å². The van der Waals surface area contributed by atoms with E-state index in [0.29, 0.717) is 5.69 Å². The average molecular weight is 190 g/mol. The second-order valence-corrected chi connectivity index (χ2v) is 3.09. The van der Waals surface area contributed by atoms with Crippen LogP contribution in [0.4, 0.5) is 5.69 Å². The van der Waals surface area contributed by atoms with Crippen LogP contribution in [0.2, 0.25) is 0 Å². The lowest BCUT2D eigenvalue weighted by Crippen LogP contribution is -2.07. The fourth-order valence-electron chi connectivity index (χ4n) is 1.40. The quantitative estimate of drug-likeness (QED) is 0.727. The number of amides is 1. The Balaban J connectivity index is 2.63. The van der Waals surface area contributed by atoms with Crippen LogP contribution in [-0.2, 0) is 11.8 Å². The number of nitrogens with zero attached hydrogens (tertiary/aromatic N) is 3. The average Bonchev–Trinajstić information content (AvgIpc) is 2.48. The van der Waals surface area contributed by atoms with Crippen LogP contribution in [0.15, 0.2) is 18.7 Å². The van der Waals surface area contributed by atoms with Crippen molar-refractivity contribution in [2.75, 3.05) is 5.32 Å². The van der Waals surface area contributed by atoms with Crippen LogP contribution in [0.3, 0.4) is 0 Å². The van der Waals surface area contributed by atoms with E-state index in [0.717, 1.165) is 11.0 Å². The number of carbonyl (C=O) groups excluding carboxylic acids is 1. The first kappa shape index (κ1) is 8.68. The summed E-state index contributed by atoms with van der Waals surface area (Å²) in [5, 5.41) is 2.71. The van der Waals surface area contributed by atoms with Gasteiger partial charge in [-0.05, 0) is 0 Å². The maximum Gasteiger partial charge on any atom is 0.221 e. The first-order valence-electron chi connectivity index (χ1n) is 4.21. The van der Waals surface area contributed by atoms with E-state index >= 15 is 0 Å². The highest BCUT2D eigenvalue weighted by Crippen LogP contribution is 2.19. The summed E-state index contributed by atoms with van der Waals surface area (Å²) in [6.45, 7) is 1.47. The molecule has 0 saturated heterocycles. The van der Waals surface area contributed by atoms with E-state index in [4.69, 9.17) is 0 Å². The summed E-state index contributed by atoms with van der Waals surface area (Å²) in [6, 6.07) is 0. The van der Waals surface area contributed by atoms with Crippen LogP contribution in [0.5, 0.6) is 0 Å². The molecule has 0 aromatic carbocycles. The molecule has 0 aliphatic carbocycles. The summed E-state index contributed by atoms with van der Waals surface area (Å²) in [5.41, 5.74) is 2.35.